The molecule has 0 radical (unpaired) electrons. The van der Waals surface area contributed by atoms with Gasteiger partial charge in [-0.25, -0.2) is 9.59 Å². The number of carbonyl (C=O) groups is 3. The average Bonchev–Trinajstić information content (AvgIpc) is 3.54. The highest BCUT2D eigenvalue weighted by atomic mass is 16.5. The van der Waals surface area contributed by atoms with E-state index in [1.165, 1.54) is 22.3 Å². The summed E-state index contributed by atoms with van der Waals surface area (Å²) in [6.45, 7) is 0.771. The summed E-state index contributed by atoms with van der Waals surface area (Å²) in [6.07, 6.45) is 4.87. The van der Waals surface area contributed by atoms with Crippen LogP contribution in [0.2, 0.25) is 0 Å². The lowest BCUT2D eigenvalue weighted by Crippen LogP contribution is -2.50. The molecule has 2 saturated heterocycles. The van der Waals surface area contributed by atoms with Gasteiger partial charge in [0.2, 0.25) is 5.91 Å². The third-order valence-corrected chi connectivity index (χ3v) is 7.96. The van der Waals surface area contributed by atoms with Crippen LogP contribution in [0.15, 0.2) is 48.5 Å². The molecular weight excluding hydrogens is 444 g/mol. The Morgan fingerprint density at radius 1 is 0.943 bits per heavy atom. The first kappa shape index (κ1) is 23.4. The molecule has 2 heterocycles. The molecule has 2 aromatic rings. The summed E-state index contributed by atoms with van der Waals surface area (Å²) in [6, 6.07) is 16.6. The van der Waals surface area contributed by atoms with Gasteiger partial charge in [-0.1, -0.05) is 55.0 Å². The Balaban J connectivity index is 1.02. The standard InChI is InChI=1S/C28H32N2O5/c31-25(30-19-13-15-28(30,16-14-19)26(32)33)12-2-1-7-17-29-27(34)35-18-24-22-10-5-3-8-20(22)21-9-4-6-11-23(21)24/h3-6,8-11,19,24H,1-2,7,12-18H2,(H,29,34)(H,32,33). The van der Waals surface area contributed by atoms with Crippen molar-refractivity contribution in [1.82, 2.24) is 10.2 Å². The largest absolute Gasteiger partial charge is 0.479 e. The summed E-state index contributed by atoms with van der Waals surface area (Å²) in [4.78, 5) is 38.4. The average molecular weight is 477 g/mol. The lowest BCUT2D eigenvalue weighted by molar-refractivity contribution is -0.155. The van der Waals surface area contributed by atoms with E-state index in [1.54, 1.807) is 4.90 Å². The van der Waals surface area contributed by atoms with Gasteiger partial charge in [-0.2, -0.15) is 0 Å². The number of amides is 2. The van der Waals surface area contributed by atoms with Crippen LogP contribution in [-0.2, 0) is 14.3 Å². The molecule has 7 nitrogen and oxygen atoms in total. The number of rotatable bonds is 9. The zero-order valence-electron chi connectivity index (χ0n) is 19.9. The molecule has 35 heavy (non-hydrogen) atoms. The first-order valence-electron chi connectivity index (χ1n) is 12.7. The Morgan fingerprint density at radius 2 is 1.57 bits per heavy atom. The van der Waals surface area contributed by atoms with E-state index in [1.807, 2.05) is 24.3 Å². The van der Waals surface area contributed by atoms with Crippen molar-refractivity contribution in [1.29, 1.82) is 0 Å². The van der Waals surface area contributed by atoms with Crippen LogP contribution in [0.25, 0.3) is 11.1 Å². The lowest BCUT2D eigenvalue weighted by atomic mass is 9.88. The molecule has 0 atom stereocenters. The molecule has 0 aromatic heterocycles. The number of carbonyl (C=O) groups excluding carboxylic acids is 2. The SMILES string of the molecule is O=C(NCCCCCC(=O)N1C2CCC1(C(=O)O)CC2)OCC1c2ccccc2-c2ccccc21. The van der Waals surface area contributed by atoms with Gasteiger partial charge < -0.3 is 20.1 Å². The minimum absolute atomic E-state index is 0.0362. The van der Waals surface area contributed by atoms with E-state index in [-0.39, 0.29) is 24.5 Å². The third kappa shape index (κ3) is 4.28. The van der Waals surface area contributed by atoms with E-state index >= 15 is 0 Å². The maximum Gasteiger partial charge on any atom is 0.407 e. The molecule has 2 aliphatic heterocycles. The normalized spacial score (nSPS) is 22.1. The Morgan fingerprint density at radius 3 is 2.20 bits per heavy atom. The Bertz CT molecular complexity index is 1080. The van der Waals surface area contributed by atoms with Crippen molar-refractivity contribution in [3.8, 4) is 11.1 Å². The first-order chi connectivity index (χ1) is 17.0. The maximum absolute atomic E-state index is 12.7. The number of hydrogen-bond donors (Lipinski definition) is 2. The summed E-state index contributed by atoms with van der Waals surface area (Å²) < 4.78 is 5.55. The molecule has 2 bridgehead atoms. The van der Waals surface area contributed by atoms with Crippen molar-refractivity contribution in [3.63, 3.8) is 0 Å². The van der Waals surface area contributed by atoms with Gasteiger partial charge in [-0.3, -0.25) is 4.79 Å². The van der Waals surface area contributed by atoms with E-state index in [4.69, 9.17) is 4.74 Å². The van der Waals surface area contributed by atoms with Crippen LogP contribution in [0.5, 0.6) is 0 Å². The number of nitrogens with zero attached hydrogens (tertiary/aromatic N) is 1. The first-order valence-corrected chi connectivity index (χ1v) is 12.7. The minimum atomic E-state index is -0.965. The number of aliphatic carboxylic acids is 1. The third-order valence-electron chi connectivity index (χ3n) is 7.96. The lowest BCUT2D eigenvalue weighted by Gasteiger charge is -2.31. The number of carboxylic acid groups (broad SMARTS) is 1. The predicted molar refractivity (Wildman–Crippen MR) is 131 cm³/mol. The fourth-order valence-electron chi connectivity index (χ4n) is 6.23. The van der Waals surface area contributed by atoms with Crippen molar-refractivity contribution in [2.24, 2.45) is 0 Å². The molecule has 2 fully saturated rings. The maximum atomic E-state index is 12.7. The van der Waals surface area contributed by atoms with Crippen LogP contribution >= 0.6 is 0 Å². The van der Waals surface area contributed by atoms with Gasteiger partial charge in [0.1, 0.15) is 12.1 Å². The second kappa shape index (κ2) is 9.72. The monoisotopic (exact) mass is 476 g/mol. The summed E-state index contributed by atoms with van der Waals surface area (Å²) in [5.74, 6) is -0.871. The van der Waals surface area contributed by atoms with Crippen molar-refractivity contribution >= 4 is 18.0 Å². The van der Waals surface area contributed by atoms with Crippen molar-refractivity contribution < 1.29 is 24.2 Å². The van der Waals surface area contributed by atoms with Gasteiger partial charge in [0.25, 0.3) is 0 Å². The van der Waals surface area contributed by atoms with E-state index in [2.05, 4.69) is 29.6 Å². The highest BCUT2D eigenvalue weighted by Crippen LogP contribution is 2.47. The van der Waals surface area contributed by atoms with Gasteiger partial charge in [-0.05, 0) is 60.8 Å². The van der Waals surface area contributed by atoms with Crippen LogP contribution in [-0.4, -0.2) is 52.7 Å². The molecule has 184 valence electrons. The van der Waals surface area contributed by atoms with Crippen LogP contribution in [0, 0.1) is 0 Å². The smallest absolute Gasteiger partial charge is 0.407 e. The molecule has 0 saturated carbocycles. The zero-order chi connectivity index (χ0) is 24.4. The highest BCUT2D eigenvalue weighted by Gasteiger charge is 2.58. The van der Waals surface area contributed by atoms with E-state index in [0.29, 0.717) is 32.2 Å². The van der Waals surface area contributed by atoms with E-state index < -0.39 is 17.6 Å². The summed E-state index contributed by atoms with van der Waals surface area (Å²) >= 11 is 0. The van der Waals surface area contributed by atoms with Crippen LogP contribution < -0.4 is 5.32 Å². The van der Waals surface area contributed by atoms with Crippen molar-refractivity contribution in [2.45, 2.75) is 68.9 Å². The predicted octanol–water partition coefficient (Wildman–Crippen LogP) is 4.69. The number of ether oxygens (including phenoxy) is 1. The Kier molecular flexibility index (Phi) is 6.50. The number of alkyl carbamates (subject to hydrolysis) is 1. The number of fused-ring (bicyclic) bond motifs is 5. The quantitative estimate of drug-likeness (QED) is 0.512. The molecule has 2 amide bonds. The molecule has 3 aliphatic rings. The zero-order valence-corrected chi connectivity index (χ0v) is 19.9. The fraction of sp³-hybridized carbons (Fsp3) is 0.464. The molecule has 7 heteroatoms. The summed E-state index contributed by atoms with van der Waals surface area (Å²) in [5, 5.41) is 12.5. The van der Waals surface area contributed by atoms with Gasteiger partial charge >= 0.3 is 12.1 Å². The highest BCUT2D eigenvalue weighted by molar-refractivity contribution is 5.89. The van der Waals surface area contributed by atoms with Gasteiger partial charge in [0, 0.05) is 24.9 Å². The second-order valence-electron chi connectivity index (χ2n) is 9.89. The second-order valence-corrected chi connectivity index (χ2v) is 9.89. The fourth-order valence-corrected chi connectivity index (χ4v) is 6.23. The van der Waals surface area contributed by atoms with E-state index in [9.17, 15) is 19.5 Å². The number of carboxylic acids is 1. The Labute approximate surface area is 205 Å². The van der Waals surface area contributed by atoms with Crippen molar-refractivity contribution in [2.75, 3.05) is 13.2 Å². The molecule has 2 N–H and O–H groups in total. The van der Waals surface area contributed by atoms with Gasteiger partial charge in [0.05, 0.1) is 0 Å². The molecule has 0 unspecified atom stereocenters. The van der Waals surface area contributed by atoms with Crippen molar-refractivity contribution in [3.05, 3.63) is 59.7 Å². The topological polar surface area (TPSA) is 95.9 Å². The van der Waals surface area contributed by atoms with E-state index in [0.717, 1.165) is 25.7 Å². The molecule has 1 aliphatic carbocycles. The van der Waals surface area contributed by atoms with Gasteiger partial charge in [0.15, 0.2) is 0 Å². The van der Waals surface area contributed by atoms with Gasteiger partial charge in [-0.15, -0.1) is 0 Å². The number of benzene rings is 2. The number of nitrogens with one attached hydrogen (secondary N) is 1. The Hall–Kier alpha value is -3.35. The molecule has 0 spiro atoms. The molecule has 2 aromatic carbocycles. The molecular formula is C28H32N2O5. The number of hydrogen-bond acceptors (Lipinski definition) is 4. The van der Waals surface area contributed by atoms with Crippen LogP contribution in [0.1, 0.15) is 68.4 Å². The summed E-state index contributed by atoms with van der Waals surface area (Å²) in [7, 11) is 0. The van der Waals surface area contributed by atoms with Crippen LogP contribution in [0.4, 0.5) is 4.79 Å². The summed E-state index contributed by atoms with van der Waals surface area (Å²) in [5.41, 5.74) is 3.79. The number of unbranched alkanes of at least 4 members (excludes halogenated alkanes) is 2. The molecule has 5 rings (SSSR count). The van der Waals surface area contributed by atoms with Crippen LogP contribution in [0.3, 0.4) is 0 Å². The minimum Gasteiger partial charge on any atom is -0.479 e.